The van der Waals surface area contributed by atoms with Crippen LogP contribution in [0, 0.1) is 11.8 Å². The molecule has 3 saturated heterocycles. The lowest BCUT2D eigenvalue weighted by Crippen LogP contribution is -2.33. The Morgan fingerprint density at radius 2 is 1.73 bits per heavy atom. The van der Waals surface area contributed by atoms with Crippen LogP contribution in [0.1, 0.15) is 30.6 Å². The minimum atomic E-state index is -3.37. The number of nitrogens with zero attached hydrogens (tertiary/aromatic N) is 2. The third-order valence-electron chi connectivity index (χ3n) is 5.99. The van der Waals surface area contributed by atoms with Gasteiger partial charge in [-0.1, -0.05) is 0 Å². The van der Waals surface area contributed by atoms with Gasteiger partial charge in [0, 0.05) is 31.1 Å². The number of fused-ring (bicyclic) bond motifs is 1. The van der Waals surface area contributed by atoms with E-state index in [1.165, 1.54) is 11.3 Å². The number of rotatable bonds is 4. The predicted octanol–water partition coefficient (Wildman–Crippen LogP) is 1.53. The van der Waals surface area contributed by atoms with E-state index in [0.717, 1.165) is 56.7 Å². The molecule has 4 heterocycles. The van der Waals surface area contributed by atoms with Gasteiger partial charge >= 0.3 is 0 Å². The summed E-state index contributed by atoms with van der Waals surface area (Å²) in [6.07, 6.45) is 4.32. The molecule has 1 aromatic heterocycles. The molecule has 2 atom stereocenters. The van der Waals surface area contributed by atoms with E-state index in [1.807, 2.05) is 11.0 Å². The molecule has 26 heavy (non-hydrogen) atoms. The summed E-state index contributed by atoms with van der Waals surface area (Å²) < 4.78 is 27.2. The highest BCUT2D eigenvalue weighted by atomic mass is 32.2. The molecule has 3 aliphatic heterocycles. The molecule has 8 heteroatoms. The Hall–Kier alpha value is -0.960. The Balaban J connectivity index is 1.38. The molecule has 1 aromatic rings. The predicted molar refractivity (Wildman–Crippen MR) is 102 cm³/mol. The summed E-state index contributed by atoms with van der Waals surface area (Å²) in [5.74, 6) is 1.53. The second kappa shape index (κ2) is 7.58. The fraction of sp³-hybridized carbons (Fsp3) is 0.722. The lowest BCUT2D eigenvalue weighted by Gasteiger charge is -2.20. The van der Waals surface area contributed by atoms with Crippen molar-refractivity contribution in [2.24, 2.45) is 11.8 Å². The van der Waals surface area contributed by atoms with Crippen molar-refractivity contribution >= 4 is 27.3 Å². The summed E-state index contributed by atoms with van der Waals surface area (Å²) in [7, 11) is -3.37. The fourth-order valence-corrected chi connectivity index (χ4v) is 7.39. The molecule has 4 rings (SSSR count). The maximum atomic E-state index is 12.7. The summed E-state index contributed by atoms with van der Waals surface area (Å²) in [5.41, 5.74) is 0. The van der Waals surface area contributed by atoms with E-state index < -0.39 is 10.0 Å². The lowest BCUT2D eigenvalue weighted by atomic mass is 9.92. The molecule has 144 valence electrons. The van der Waals surface area contributed by atoms with Crippen molar-refractivity contribution in [2.75, 3.05) is 39.3 Å². The van der Waals surface area contributed by atoms with Crippen LogP contribution < -0.4 is 5.32 Å². The van der Waals surface area contributed by atoms with E-state index in [4.69, 9.17) is 0 Å². The highest BCUT2D eigenvalue weighted by molar-refractivity contribution is 7.91. The molecule has 0 bridgehead atoms. The molecular weight excluding hydrogens is 370 g/mol. The molecule has 6 nitrogen and oxygen atoms in total. The molecular formula is C18H27N3O3S2. The van der Waals surface area contributed by atoms with Gasteiger partial charge in [-0.3, -0.25) is 4.79 Å². The fourth-order valence-electron chi connectivity index (χ4n) is 4.38. The van der Waals surface area contributed by atoms with E-state index in [2.05, 4.69) is 5.32 Å². The van der Waals surface area contributed by atoms with E-state index >= 15 is 0 Å². The zero-order valence-corrected chi connectivity index (χ0v) is 16.7. The van der Waals surface area contributed by atoms with Crippen LogP contribution >= 0.6 is 11.3 Å². The Labute approximate surface area is 159 Å². The number of carbonyl (C=O) groups is 1. The molecule has 0 aliphatic carbocycles. The van der Waals surface area contributed by atoms with Gasteiger partial charge in [0.15, 0.2) is 0 Å². The summed E-state index contributed by atoms with van der Waals surface area (Å²) in [6, 6.07) is 3.47. The first-order chi connectivity index (χ1) is 12.5. The average molecular weight is 398 g/mol. The van der Waals surface area contributed by atoms with Crippen molar-refractivity contribution in [1.29, 1.82) is 0 Å². The molecule has 0 radical (unpaired) electrons. The van der Waals surface area contributed by atoms with Crippen LogP contribution in [0.2, 0.25) is 0 Å². The van der Waals surface area contributed by atoms with Crippen LogP contribution in [0.25, 0.3) is 0 Å². The van der Waals surface area contributed by atoms with E-state index in [9.17, 15) is 13.2 Å². The standard InChI is InChI=1S/C18H27N3O3S2/c22-17(20-9-5-14-12-19-13-15(14)6-10-20)11-16-3-4-18(25-16)26(23,24)21-7-1-2-8-21/h3-4,14-15,19H,1-2,5-13H2/t14-,15+. The minimum absolute atomic E-state index is 0.130. The van der Waals surface area contributed by atoms with Gasteiger partial charge in [-0.25, -0.2) is 8.42 Å². The van der Waals surface area contributed by atoms with Crippen LogP contribution in [0.15, 0.2) is 16.3 Å². The number of hydrogen-bond acceptors (Lipinski definition) is 5. The molecule has 0 unspecified atom stereocenters. The molecule has 3 fully saturated rings. The van der Waals surface area contributed by atoms with Crippen molar-refractivity contribution in [3.05, 3.63) is 17.0 Å². The van der Waals surface area contributed by atoms with Crippen LogP contribution in [0.4, 0.5) is 0 Å². The summed E-state index contributed by atoms with van der Waals surface area (Å²) >= 11 is 1.25. The van der Waals surface area contributed by atoms with Crippen molar-refractivity contribution in [3.63, 3.8) is 0 Å². The van der Waals surface area contributed by atoms with Crippen LogP contribution in [0.5, 0.6) is 0 Å². The highest BCUT2D eigenvalue weighted by Crippen LogP contribution is 2.29. The number of nitrogens with one attached hydrogen (secondary N) is 1. The number of thiophene rings is 1. The van der Waals surface area contributed by atoms with Crippen LogP contribution in [-0.2, 0) is 21.2 Å². The molecule has 0 saturated carbocycles. The second-order valence-electron chi connectivity index (χ2n) is 7.65. The maximum Gasteiger partial charge on any atom is 0.252 e. The van der Waals surface area contributed by atoms with Gasteiger partial charge in [-0.15, -0.1) is 11.3 Å². The zero-order chi connectivity index (χ0) is 18.1. The molecule has 0 spiro atoms. The third kappa shape index (κ3) is 3.69. The summed E-state index contributed by atoms with van der Waals surface area (Å²) in [6.45, 7) is 5.03. The first-order valence-corrected chi connectivity index (χ1v) is 11.9. The van der Waals surface area contributed by atoms with E-state index in [-0.39, 0.29) is 5.91 Å². The molecule has 1 amide bonds. The Morgan fingerprint density at radius 3 is 2.38 bits per heavy atom. The summed E-state index contributed by atoms with van der Waals surface area (Å²) in [4.78, 5) is 15.5. The Kier molecular flexibility index (Phi) is 5.36. The first-order valence-electron chi connectivity index (χ1n) is 9.61. The van der Waals surface area contributed by atoms with Gasteiger partial charge in [0.1, 0.15) is 4.21 Å². The van der Waals surface area contributed by atoms with Gasteiger partial charge < -0.3 is 10.2 Å². The molecule has 3 aliphatic rings. The quantitative estimate of drug-likeness (QED) is 0.837. The monoisotopic (exact) mass is 397 g/mol. The van der Waals surface area contributed by atoms with Crippen LogP contribution in [0.3, 0.4) is 0 Å². The van der Waals surface area contributed by atoms with Gasteiger partial charge in [0.2, 0.25) is 5.91 Å². The van der Waals surface area contributed by atoms with Crippen molar-refractivity contribution in [3.8, 4) is 0 Å². The molecule has 0 aromatic carbocycles. The van der Waals surface area contributed by atoms with Crippen molar-refractivity contribution in [2.45, 2.75) is 36.3 Å². The van der Waals surface area contributed by atoms with Crippen molar-refractivity contribution < 1.29 is 13.2 Å². The molecule has 1 N–H and O–H groups in total. The second-order valence-corrected chi connectivity index (χ2v) is 11.0. The Morgan fingerprint density at radius 1 is 1.08 bits per heavy atom. The van der Waals surface area contributed by atoms with Crippen LogP contribution in [-0.4, -0.2) is 62.8 Å². The highest BCUT2D eigenvalue weighted by Gasteiger charge is 2.32. The third-order valence-corrected chi connectivity index (χ3v) is 9.44. The number of amides is 1. The van der Waals surface area contributed by atoms with E-state index in [1.54, 1.807) is 10.4 Å². The van der Waals surface area contributed by atoms with Gasteiger partial charge in [-0.2, -0.15) is 4.31 Å². The largest absolute Gasteiger partial charge is 0.342 e. The maximum absolute atomic E-state index is 12.7. The Bertz CT molecular complexity index is 741. The number of carbonyl (C=O) groups excluding carboxylic acids is 1. The average Bonchev–Trinajstić information content (AvgIpc) is 3.35. The smallest absolute Gasteiger partial charge is 0.252 e. The number of sulfonamides is 1. The topological polar surface area (TPSA) is 69.7 Å². The van der Waals surface area contributed by atoms with Crippen molar-refractivity contribution in [1.82, 2.24) is 14.5 Å². The normalized spacial score (nSPS) is 27.5. The SMILES string of the molecule is O=C(Cc1ccc(S(=O)(=O)N2CCCC2)s1)N1CC[C@@H]2CNC[C@@H]2CC1. The number of hydrogen-bond donors (Lipinski definition) is 1. The summed E-state index contributed by atoms with van der Waals surface area (Å²) in [5, 5.41) is 3.45. The van der Waals surface area contributed by atoms with Gasteiger partial charge in [0.05, 0.1) is 6.42 Å². The zero-order valence-electron chi connectivity index (χ0n) is 15.0. The lowest BCUT2D eigenvalue weighted by molar-refractivity contribution is -0.130. The minimum Gasteiger partial charge on any atom is -0.342 e. The first kappa shape index (κ1) is 18.4. The van der Waals surface area contributed by atoms with E-state index in [0.29, 0.717) is 35.6 Å². The number of likely N-dealkylation sites (tertiary alicyclic amines) is 1. The van der Waals surface area contributed by atoms with Gasteiger partial charge in [0.25, 0.3) is 10.0 Å². The van der Waals surface area contributed by atoms with Gasteiger partial charge in [-0.05, 0) is 62.7 Å².